The molecule has 2 fully saturated rings. The molecule has 8 nitrogen and oxygen atoms in total. The second-order valence-corrected chi connectivity index (χ2v) is 8.70. The third-order valence-corrected chi connectivity index (χ3v) is 6.43. The standard InChI is InChI=1S/C23H29N3O5/c1-16(2)25-21(29)17-9-5-6-10-18(17)26-19(27)11-12-23(25,26)22(30)31-15-20(28)24-13-7-3-4-8-14-24/h5-6,9-10,16H,3-4,7-8,11-15H2,1-2H3/t23-/m1/s1. The van der Waals surface area contributed by atoms with Crippen molar-refractivity contribution in [2.75, 3.05) is 24.6 Å². The number of rotatable bonds is 4. The summed E-state index contributed by atoms with van der Waals surface area (Å²) in [6, 6.07) is 6.47. The van der Waals surface area contributed by atoms with Crippen molar-refractivity contribution in [3.05, 3.63) is 29.8 Å². The molecule has 3 aliphatic heterocycles. The van der Waals surface area contributed by atoms with Crippen LogP contribution < -0.4 is 4.90 Å². The van der Waals surface area contributed by atoms with E-state index in [-0.39, 0.29) is 43.2 Å². The maximum absolute atomic E-state index is 13.5. The van der Waals surface area contributed by atoms with Gasteiger partial charge in [0.2, 0.25) is 11.6 Å². The van der Waals surface area contributed by atoms with Crippen molar-refractivity contribution in [2.45, 2.75) is 64.1 Å². The number of amides is 3. The van der Waals surface area contributed by atoms with Crippen LogP contribution in [0.15, 0.2) is 24.3 Å². The highest BCUT2D eigenvalue weighted by atomic mass is 16.5. The maximum Gasteiger partial charge on any atom is 0.354 e. The molecule has 4 rings (SSSR count). The Bertz CT molecular complexity index is 906. The summed E-state index contributed by atoms with van der Waals surface area (Å²) >= 11 is 0. The highest BCUT2D eigenvalue weighted by Gasteiger charge is 2.62. The number of carbonyl (C=O) groups is 4. The van der Waals surface area contributed by atoms with Crippen LogP contribution in [0.1, 0.15) is 62.7 Å². The molecule has 0 spiro atoms. The van der Waals surface area contributed by atoms with Gasteiger partial charge in [0, 0.05) is 32.0 Å². The fourth-order valence-corrected chi connectivity index (χ4v) is 5.03. The lowest BCUT2D eigenvalue weighted by Gasteiger charge is -2.50. The Labute approximate surface area is 182 Å². The van der Waals surface area contributed by atoms with Gasteiger partial charge in [-0.2, -0.15) is 0 Å². The predicted molar refractivity (Wildman–Crippen MR) is 113 cm³/mol. The Kier molecular flexibility index (Phi) is 5.73. The minimum Gasteiger partial charge on any atom is -0.452 e. The molecule has 0 aromatic heterocycles. The third-order valence-electron chi connectivity index (χ3n) is 6.43. The summed E-state index contributed by atoms with van der Waals surface area (Å²) in [7, 11) is 0. The molecule has 0 bridgehead atoms. The van der Waals surface area contributed by atoms with Gasteiger partial charge in [0.15, 0.2) is 6.61 Å². The molecule has 2 saturated heterocycles. The van der Waals surface area contributed by atoms with Gasteiger partial charge in [0.05, 0.1) is 11.3 Å². The van der Waals surface area contributed by atoms with E-state index in [1.165, 1.54) is 9.80 Å². The number of carbonyl (C=O) groups excluding carboxylic acids is 4. The van der Waals surface area contributed by atoms with Gasteiger partial charge in [-0.05, 0) is 38.8 Å². The molecule has 3 amide bonds. The molecule has 3 aliphatic rings. The summed E-state index contributed by atoms with van der Waals surface area (Å²) < 4.78 is 5.52. The summed E-state index contributed by atoms with van der Waals surface area (Å²) in [6.07, 6.45) is 4.33. The Balaban J connectivity index is 1.64. The Hall–Kier alpha value is -2.90. The molecule has 1 aromatic carbocycles. The van der Waals surface area contributed by atoms with Crippen molar-refractivity contribution in [1.82, 2.24) is 9.80 Å². The first kappa shape index (κ1) is 21.3. The van der Waals surface area contributed by atoms with Crippen LogP contribution in [0.5, 0.6) is 0 Å². The lowest BCUT2D eigenvalue weighted by Crippen LogP contribution is -2.70. The number of hydrogen-bond acceptors (Lipinski definition) is 5. The summed E-state index contributed by atoms with van der Waals surface area (Å²) in [5, 5.41) is 0. The number of ether oxygens (including phenoxy) is 1. The average Bonchev–Trinajstić information content (AvgIpc) is 2.93. The molecule has 0 N–H and O–H groups in total. The van der Waals surface area contributed by atoms with Crippen molar-refractivity contribution in [3.8, 4) is 0 Å². The molecule has 0 saturated carbocycles. The lowest BCUT2D eigenvalue weighted by atomic mass is 9.95. The van der Waals surface area contributed by atoms with Crippen LogP contribution in [-0.4, -0.2) is 64.9 Å². The molecule has 0 aliphatic carbocycles. The highest BCUT2D eigenvalue weighted by Crippen LogP contribution is 2.45. The van der Waals surface area contributed by atoms with E-state index in [0.29, 0.717) is 24.3 Å². The summed E-state index contributed by atoms with van der Waals surface area (Å²) in [6.45, 7) is 4.56. The number of anilines is 1. The van der Waals surface area contributed by atoms with Crippen molar-refractivity contribution < 1.29 is 23.9 Å². The zero-order chi connectivity index (χ0) is 22.2. The first-order chi connectivity index (χ1) is 14.9. The van der Waals surface area contributed by atoms with Gasteiger partial charge in [0.25, 0.3) is 11.8 Å². The van der Waals surface area contributed by atoms with E-state index >= 15 is 0 Å². The molecule has 166 valence electrons. The molecular weight excluding hydrogens is 398 g/mol. The molecular formula is C23H29N3O5. The van der Waals surface area contributed by atoms with Crippen LogP contribution in [0.3, 0.4) is 0 Å². The van der Waals surface area contributed by atoms with Gasteiger partial charge in [-0.3, -0.25) is 19.3 Å². The summed E-state index contributed by atoms with van der Waals surface area (Å²) in [4.78, 5) is 57.0. The first-order valence-corrected chi connectivity index (χ1v) is 11.1. The molecule has 8 heteroatoms. The van der Waals surface area contributed by atoms with Crippen molar-refractivity contribution in [1.29, 1.82) is 0 Å². The molecule has 3 heterocycles. The molecule has 31 heavy (non-hydrogen) atoms. The minimum atomic E-state index is -1.56. The Morgan fingerprint density at radius 1 is 1.06 bits per heavy atom. The van der Waals surface area contributed by atoms with Gasteiger partial charge in [-0.25, -0.2) is 4.79 Å². The normalized spacial score (nSPS) is 23.5. The van der Waals surface area contributed by atoms with Crippen LogP contribution in [0.25, 0.3) is 0 Å². The first-order valence-electron chi connectivity index (χ1n) is 11.1. The minimum absolute atomic E-state index is 0.125. The molecule has 0 radical (unpaired) electrons. The zero-order valence-electron chi connectivity index (χ0n) is 18.1. The number of benzene rings is 1. The van der Waals surface area contributed by atoms with E-state index in [9.17, 15) is 19.2 Å². The van der Waals surface area contributed by atoms with Gasteiger partial charge in [0.1, 0.15) is 0 Å². The van der Waals surface area contributed by atoms with Gasteiger partial charge >= 0.3 is 5.97 Å². The second-order valence-electron chi connectivity index (χ2n) is 8.70. The molecule has 1 aromatic rings. The van der Waals surface area contributed by atoms with Crippen LogP contribution in [0.2, 0.25) is 0 Å². The summed E-state index contributed by atoms with van der Waals surface area (Å²) in [5.41, 5.74) is -0.756. The number of nitrogens with zero attached hydrogens (tertiary/aromatic N) is 3. The van der Waals surface area contributed by atoms with Gasteiger partial charge < -0.3 is 14.5 Å². The summed E-state index contributed by atoms with van der Waals surface area (Å²) in [5.74, 6) is -1.51. The highest BCUT2D eigenvalue weighted by molar-refractivity contribution is 6.15. The zero-order valence-corrected chi connectivity index (χ0v) is 18.1. The van der Waals surface area contributed by atoms with Crippen molar-refractivity contribution in [3.63, 3.8) is 0 Å². The monoisotopic (exact) mass is 427 g/mol. The largest absolute Gasteiger partial charge is 0.452 e. The van der Waals surface area contributed by atoms with E-state index < -0.39 is 11.6 Å². The SMILES string of the molecule is CC(C)N1C(=O)c2ccccc2N2C(=O)CC[C@]21C(=O)OCC(=O)N1CCCCCC1. The number of para-hydroxylation sites is 1. The number of fused-ring (bicyclic) bond motifs is 3. The van der Waals surface area contributed by atoms with Crippen molar-refractivity contribution >= 4 is 29.4 Å². The van der Waals surface area contributed by atoms with Crippen LogP contribution >= 0.6 is 0 Å². The van der Waals surface area contributed by atoms with E-state index in [2.05, 4.69) is 0 Å². The van der Waals surface area contributed by atoms with E-state index in [4.69, 9.17) is 4.74 Å². The quantitative estimate of drug-likeness (QED) is 0.689. The van der Waals surface area contributed by atoms with E-state index in [1.807, 2.05) is 13.8 Å². The van der Waals surface area contributed by atoms with E-state index in [0.717, 1.165) is 25.7 Å². The Morgan fingerprint density at radius 3 is 2.42 bits per heavy atom. The third kappa shape index (κ3) is 3.47. The number of hydrogen-bond donors (Lipinski definition) is 0. The van der Waals surface area contributed by atoms with Gasteiger partial charge in [-0.1, -0.05) is 25.0 Å². The average molecular weight is 428 g/mol. The second kappa shape index (κ2) is 8.32. The van der Waals surface area contributed by atoms with Crippen molar-refractivity contribution in [2.24, 2.45) is 0 Å². The lowest BCUT2D eigenvalue weighted by molar-refractivity contribution is -0.163. The predicted octanol–water partition coefficient (Wildman–Crippen LogP) is 2.32. The van der Waals surface area contributed by atoms with Crippen LogP contribution in [0.4, 0.5) is 5.69 Å². The molecule has 0 unspecified atom stereocenters. The number of likely N-dealkylation sites (tertiary alicyclic amines) is 1. The Morgan fingerprint density at radius 2 is 1.74 bits per heavy atom. The molecule has 1 atom stereocenters. The van der Waals surface area contributed by atoms with Crippen LogP contribution in [0, 0.1) is 0 Å². The topological polar surface area (TPSA) is 87.2 Å². The van der Waals surface area contributed by atoms with Gasteiger partial charge in [-0.15, -0.1) is 0 Å². The smallest absolute Gasteiger partial charge is 0.354 e. The van der Waals surface area contributed by atoms with E-state index in [1.54, 1.807) is 29.2 Å². The van der Waals surface area contributed by atoms with Crippen LogP contribution in [-0.2, 0) is 19.1 Å². The fourth-order valence-electron chi connectivity index (χ4n) is 5.03. The number of esters is 1. The maximum atomic E-state index is 13.5. The fraction of sp³-hybridized carbons (Fsp3) is 0.565.